The van der Waals surface area contributed by atoms with Crippen molar-refractivity contribution in [3.63, 3.8) is 0 Å². The van der Waals surface area contributed by atoms with E-state index in [1.54, 1.807) is 19.3 Å². The van der Waals surface area contributed by atoms with Gasteiger partial charge in [0.15, 0.2) is 11.6 Å². The van der Waals surface area contributed by atoms with Crippen LogP contribution in [0.15, 0.2) is 33.8 Å². The highest BCUT2D eigenvalue weighted by molar-refractivity contribution is 9.10. The van der Waals surface area contributed by atoms with E-state index < -0.39 is 32.2 Å². The summed E-state index contributed by atoms with van der Waals surface area (Å²) in [5, 5.41) is 6.43. The predicted molar refractivity (Wildman–Crippen MR) is 94.8 cm³/mol. The first-order valence-electron chi connectivity index (χ1n) is 7.67. The number of nitrogens with one attached hydrogen (secondary N) is 1. The molecule has 1 amide bonds. The van der Waals surface area contributed by atoms with E-state index in [0.717, 1.165) is 10.4 Å². The topological polar surface area (TPSA) is 93.5 Å². The van der Waals surface area contributed by atoms with E-state index in [-0.39, 0.29) is 36.6 Å². The van der Waals surface area contributed by atoms with Gasteiger partial charge >= 0.3 is 0 Å². The van der Waals surface area contributed by atoms with E-state index in [1.165, 1.54) is 10.7 Å². The van der Waals surface area contributed by atoms with Gasteiger partial charge in [0.2, 0.25) is 10.0 Å². The molecule has 0 aliphatic carbocycles. The molecule has 0 bridgehead atoms. The second-order valence-electron chi connectivity index (χ2n) is 5.61. The highest BCUT2D eigenvalue weighted by Gasteiger charge is 2.31. The van der Waals surface area contributed by atoms with Gasteiger partial charge in [-0.2, -0.15) is 9.40 Å². The van der Waals surface area contributed by atoms with Crippen LogP contribution < -0.4 is 5.32 Å². The number of anilines is 1. The van der Waals surface area contributed by atoms with Gasteiger partial charge in [0.1, 0.15) is 4.90 Å². The fraction of sp³-hybridized carbons (Fsp3) is 0.333. The monoisotopic (exact) mass is 446 g/mol. The molecular formula is C15H16BrFN4O4S. The van der Waals surface area contributed by atoms with Crippen LogP contribution in [0.1, 0.15) is 10.4 Å². The van der Waals surface area contributed by atoms with Crippen molar-refractivity contribution in [3.8, 4) is 0 Å². The average molecular weight is 447 g/mol. The minimum atomic E-state index is -4.09. The number of benzene rings is 1. The van der Waals surface area contributed by atoms with Crippen LogP contribution in [-0.2, 0) is 21.8 Å². The summed E-state index contributed by atoms with van der Waals surface area (Å²) >= 11 is 3.15. The molecule has 2 aromatic rings. The number of ether oxygens (including phenoxy) is 1. The molecule has 8 nitrogen and oxygen atoms in total. The van der Waals surface area contributed by atoms with E-state index in [1.807, 2.05) is 0 Å². The number of aromatic nitrogens is 2. The van der Waals surface area contributed by atoms with Gasteiger partial charge in [0.05, 0.1) is 18.8 Å². The maximum absolute atomic E-state index is 14.9. The maximum Gasteiger partial charge on any atom is 0.259 e. The summed E-state index contributed by atoms with van der Waals surface area (Å²) in [6.45, 7) is 0.733. The first kappa shape index (κ1) is 19.0. The largest absolute Gasteiger partial charge is 0.379 e. The number of aryl methyl sites for hydroxylation is 1. The van der Waals surface area contributed by atoms with E-state index in [4.69, 9.17) is 4.74 Å². The lowest BCUT2D eigenvalue weighted by Crippen LogP contribution is -2.41. The molecule has 0 unspecified atom stereocenters. The smallest absolute Gasteiger partial charge is 0.259 e. The molecule has 1 aromatic heterocycles. The Morgan fingerprint density at radius 1 is 1.35 bits per heavy atom. The molecule has 1 saturated heterocycles. The van der Waals surface area contributed by atoms with Crippen molar-refractivity contribution in [3.05, 3.63) is 40.2 Å². The lowest BCUT2D eigenvalue weighted by atomic mass is 10.2. The lowest BCUT2D eigenvalue weighted by Gasteiger charge is -2.26. The number of sulfonamides is 1. The molecule has 140 valence electrons. The number of carbonyl (C=O) groups excluding carboxylic acids is 1. The first-order chi connectivity index (χ1) is 12.3. The second kappa shape index (κ2) is 7.43. The Bertz CT molecular complexity index is 941. The number of hydrogen-bond acceptors (Lipinski definition) is 5. The maximum atomic E-state index is 14.9. The zero-order valence-electron chi connectivity index (χ0n) is 13.8. The van der Waals surface area contributed by atoms with E-state index in [9.17, 15) is 17.6 Å². The molecule has 1 N–H and O–H groups in total. The van der Waals surface area contributed by atoms with Gasteiger partial charge in [0, 0.05) is 36.9 Å². The Kier molecular flexibility index (Phi) is 5.42. The van der Waals surface area contributed by atoms with Crippen LogP contribution in [0.2, 0.25) is 0 Å². The molecule has 1 aliphatic rings. The van der Waals surface area contributed by atoms with Crippen molar-refractivity contribution in [2.75, 3.05) is 31.6 Å². The summed E-state index contributed by atoms with van der Waals surface area (Å²) in [7, 11) is -2.42. The number of amides is 1. The Morgan fingerprint density at radius 2 is 2.04 bits per heavy atom. The van der Waals surface area contributed by atoms with Crippen LogP contribution in [0.3, 0.4) is 0 Å². The number of morpholine rings is 1. The fourth-order valence-electron chi connectivity index (χ4n) is 2.51. The number of carbonyl (C=O) groups is 1. The summed E-state index contributed by atoms with van der Waals surface area (Å²) in [6.07, 6.45) is 1.61. The third-order valence-corrected chi connectivity index (χ3v) is 6.15. The third kappa shape index (κ3) is 3.80. The normalized spacial score (nSPS) is 15.8. The Hall–Kier alpha value is -1.82. The quantitative estimate of drug-likeness (QED) is 0.769. The number of halogens is 2. The summed E-state index contributed by atoms with van der Waals surface area (Å²) < 4.78 is 48.5. The molecule has 0 atom stereocenters. The lowest BCUT2D eigenvalue weighted by molar-refractivity contribution is 0.0729. The van der Waals surface area contributed by atoms with Crippen molar-refractivity contribution < 1.29 is 22.3 Å². The average Bonchev–Trinajstić information content (AvgIpc) is 3.02. The predicted octanol–water partition coefficient (Wildman–Crippen LogP) is 1.59. The minimum Gasteiger partial charge on any atom is -0.379 e. The van der Waals surface area contributed by atoms with Gasteiger partial charge in [-0.25, -0.2) is 12.8 Å². The molecule has 2 heterocycles. The number of nitrogens with zero attached hydrogens (tertiary/aromatic N) is 3. The van der Waals surface area contributed by atoms with Crippen molar-refractivity contribution in [2.24, 2.45) is 7.05 Å². The van der Waals surface area contributed by atoms with Crippen LogP contribution in [0.5, 0.6) is 0 Å². The van der Waals surface area contributed by atoms with Crippen molar-refractivity contribution in [1.82, 2.24) is 14.1 Å². The molecule has 1 fully saturated rings. The van der Waals surface area contributed by atoms with E-state index >= 15 is 0 Å². The van der Waals surface area contributed by atoms with Crippen LogP contribution in [0.4, 0.5) is 10.2 Å². The van der Waals surface area contributed by atoms with Crippen molar-refractivity contribution >= 4 is 37.7 Å². The fourth-order valence-corrected chi connectivity index (χ4v) is 4.64. The van der Waals surface area contributed by atoms with Gasteiger partial charge in [-0.15, -0.1) is 0 Å². The Labute approximate surface area is 158 Å². The molecule has 0 spiro atoms. The molecule has 11 heteroatoms. The van der Waals surface area contributed by atoms with Crippen molar-refractivity contribution in [2.45, 2.75) is 4.90 Å². The van der Waals surface area contributed by atoms with Gasteiger partial charge < -0.3 is 10.1 Å². The van der Waals surface area contributed by atoms with E-state index in [2.05, 4.69) is 26.3 Å². The number of rotatable bonds is 4. The van der Waals surface area contributed by atoms with Gasteiger partial charge in [-0.1, -0.05) is 15.9 Å². The Morgan fingerprint density at radius 3 is 2.65 bits per heavy atom. The highest BCUT2D eigenvalue weighted by Crippen LogP contribution is 2.27. The standard InChI is InChI=1S/C15H16BrFN4O4S/c1-20-3-2-13(19-20)18-15(22)11-8-10(16)9-12(14(11)17)26(23,24)21-4-6-25-7-5-21/h2-3,8-9H,4-7H2,1H3,(H,18,19,22). The second-order valence-corrected chi connectivity index (χ2v) is 8.43. The first-order valence-corrected chi connectivity index (χ1v) is 9.90. The molecule has 1 aromatic carbocycles. The summed E-state index contributed by atoms with van der Waals surface area (Å²) in [4.78, 5) is 11.8. The molecule has 3 rings (SSSR count). The molecule has 0 saturated carbocycles. The molecular weight excluding hydrogens is 431 g/mol. The zero-order chi connectivity index (χ0) is 18.9. The van der Waals surface area contributed by atoms with Crippen LogP contribution in [0, 0.1) is 5.82 Å². The van der Waals surface area contributed by atoms with Crippen LogP contribution >= 0.6 is 15.9 Å². The Balaban J connectivity index is 1.96. The minimum absolute atomic E-state index is 0.129. The third-order valence-electron chi connectivity index (χ3n) is 3.79. The highest BCUT2D eigenvalue weighted by atomic mass is 79.9. The van der Waals surface area contributed by atoms with Gasteiger partial charge in [-0.05, 0) is 12.1 Å². The van der Waals surface area contributed by atoms with Crippen LogP contribution in [0.25, 0.3) is 0 Å². The van der Waals surface area contributed by atoms with E-state index in [0.29, 0.717) is 0 Å². The molecule has 0 radical (unpaired) electrons. The molecule has 1 aliphatic heterocycles. The van der Waals surface area contributed by atoms with Crippen molar-refractivity contribution in [1.29, 1.82) is 0 Å². The van der Waals surface area contributed by atoms with Gasteiger partial charge in [0.25, 0.3) is 5.91 Å². The number of hydrogen-bond donors (Lipinski definition) is 1. The summed E-state index contributed by atoms with van der Waals surface area (Å²) in [6, 6.07) is 3.92. The summed E-state index contributed by atoms with van der Waals surface area (Å²) in [5.41, 5.74) is -0.392. The van der Waals surface area contributed by atoms with Gasteiger partial charge in [-0.3, -0.25) is 9.48 Å². The van der Waals surface area contributed by atoms with Crippen LogP contribution in [-0.4, -0.2) is 54.7 Å². The summed E-state index contributed by atoms with van der Waals surface area (Å²) in [5.74, 6) is -1.66. The SMILES string of the molecule is Cn1ccc(NC(=O)c2cc(Br)cc(S(=O)(=O)N3CCOCC3)c2F)n1. The molecule has 26 heavy (non-hydrogen) atoms. The zero-order valence-corrected chi connectivity index (χ0v) is 16.2.